The molecule has 2 aromatic rings. The molecule has 1 amide bonds. The lowest BCUT2D eigenvalue weighted by molar-refractivity contribution is -0.137. The molecular formula is C19H20F3N3O. The van der Waals surface area contributed by atoms with Crippen molar-refractivity contribution in [3.05, 3.63) is 53.7 Å². The van der Waals surface area contributed by atoms with Crippen molar-refractivity contribution in [2.45, 2.75) is 25.9 Å². The van der Waals surface area contributed by atoms with Gasteiger partial charge in [0.2, 0.25) is 0 Å². The third-order valence-electron chi connectivity index (χ3n) is 4.59. The summed E-state index contributed by atoms with van der Waals surface area (Å²) in [6.45, 7) is 4.13. The molecule has 1 aliphatic heterocycles. The smallest absolute Gasteiger partial charge is 0.357 e. The quantitative estimate of drug-likeness (QED) is 0.868. The molecule has 0 radical (unpaired) electrons. The summed E-state index contributed by atoms with van der Waals surface area (Å²) in [5.41, 5.74) is -0.0894. The Morgan fingerprint density at radius 2 is 1.77 bits per heavy atom. The number of nitrogens with zero attached hydrogens (tertiary/aromatic N) is 2. The highest BCUT2D eigenvalue weighted by Crippen LogP contribution is 2.30. The molecule has 0 unspecified atom stereocenters. The number of halogens is 3. The van der Waals surface area contributed by atoms with E-state index in [1.54, 1.807) is 12.1 Å². The number of benzene rings is 1. The second-order valence-electron chi connectivity index (χ2n) is 6.60. The highest BCUT2D eigenvalue weighted by Gasteiger charge is 2.30. The first kappa shape index (κ1) is 18.2. The van der Waals surface area contributed by atoms with Crippen LogP contribution in [0.2, 0.25) is 0 Å². The minimum atomic E-state index is -4.39. The minimum Gasteiger partial charge on any atom is -0.357 e. The second-order valence-corrected chi connectivity index (χ2v) is 6.60. The van der Waals surface area contributed by atoms with E-state index in [2.05, 4.69) is 22.1 Å². The first-order valence-corrected chi connectivity index (χ1v) is 8.52. The van der Waals surface area contributed by atoms with E-state index in [0.717, 1.165) is 49.8 Å². The van der Waals surface area contributed by atoms with Crippen LogP contribution in [0.5, 0.6) is 0 Å². The molecule has 0 saturated carbocycles. The Labute approximate surface area is 150 Å². The molecule has 0 spiro atoms. The molecule has 1 saturated heterocycles. The molecule has 2 heterocycles. The van der Waals surface area contributed by atoms with Crippen LogP contribution >= 0.6 is 0 Å². The Morgan fingerprint density at radius 3 is 2.31 bits per heavy atom. The molecule has 1 fully saturated rings. The number of amides is 1. The molecule has 26 heavy (non-hydrogen) atoms. The number of aromatic nitrogens is 1. The Balaban J connectivity index is 1.63. The van der Waals surface area contributed by atoms with Gasteiger partial charge in [-0.1, -0.05) is 6.92 Å². The van der Waals surface area contributed by atoms with Crippen molar-refractivity contribution in [1.29, 1.82) is 0 Å². The van der Waals surface area contributed by atoms with E-state index in [9.17, 15) is 18.0 Å². The first-order valence-electron chi connectivity index (χ1n) is 8.52. The average molecular weight is 363 g/mol. The fourth-order valence-electron chi connectivity index (χ4n) is 2.89. The van der Waals surface area contributed by atoms with Crippen LogP contribution in [-0.2, 0) is 6.18 Å². The standard InChI is InChI=1S/C19H20F3N3O/c1-13-8-10-25(11-9-13)17-7-2-14(12-23-17)18(26)24-16-5-3-15(4-6-16)19(20,21)22/h2-7,12-13H,8-11H2,1H3,(H,24,26). The van der Waals surface area contributed by atoms with Crippen LogP contribution in [0.15, 0.2) is 42.6 Å². The highest BCUT2D eigenvalue weighted by molar-refractivity contribution is 6.04. The summed E-state index contributed by atoms with van der Waals surface area (Å²) in [6, 6.07) is 7.83. The zero-order valence-corrected chi connectivity index (χ0v) is 14.4. The van der Waals surface area contributed by atoms with E-state index < -0.39 is 17.6 Å². The predicted octanol–water partition coefficient (Wildman–Crippen LogP) is 4.59. The van der Waals surface area contributed by atoms with E-state index in [1.807, 2.05) is 0 Å². The third kappa shape index (κ3) is 4.33. The molecule has 4 nitrogen and oxygen atoms in total. The van der Waals surface area contributed by atoms with Gasteiger partial charge >= 0.3 is 6.18 Å². The molecule has 1 aromatic carbocycles. The van der Waals surface area contributed by atoms with Crippen molar-refractivity contribution in [2.75, 3.05) is 23.3 Å². The lowest BCUT2D eigenvalue weighted by Gasteiger charge is -2.31. The van der Waals surface area contributed by atoms with Crippen LogP contribution in [0.3, 0.4) is 0 Å². The van der Waals surface area contributed by atoms with Gasteiger partial charge in [-0.25, -0.2) is 4.98 Å². The number of carbonyl (C=O) groups is 1. The van der Waals surface area contributed by atoms with Crippen molar-refractivity contribution in [3.63, 3.8) is 0 Å². The monoisotopic (exact) mass is 363 g/mol. The largest absolute Gasteiger partial charge is 0.416 e. The summed E-state index contributed by atoms with van der Waals surface area (Å²) in [5.74, 6) is 1.15. The summed E-state index contributed by atoms with van der Waals surface area (Å²) < 4.78 is 37.7. The lowest BCUT2D eigenvalue weighted by Crippen LogP contribution is -2.33. The van der Waals surface area contributed by atoms with Crippen molar-refractivity contribution < 1.29 is 18.0 Å². The Bertz CT molecular complexity index is 749. The number of nitrogens with one attached hydrogen (secondary N) is 1. The summed E-state index contributed by atoms with van der Waals surface area (Å²) >= 11 is 0. The van der Waals surface area contributed by atoms with E-state index in [4.69, 9.17) is 0 Å². The van der Waals surface area contributed by atoms with Gasteiger partial charge in [0, 0.05) is 25.0 Å². The number of anilines is 2. The third-order valence-corrected chi connectivity index (χ3v) is 4.59. The van der Waals surface area contributed by atoms with Gasteiger partial charge in [0.05, 0.1) is 11.1 Å². The van der Waals surface area contributed by atoms with Gasteiger partial charge in [-0.2, -0.15) is 13.2 Å². The van der Waals surface area contributed by atoms with Gasteiger partial charge in [-0.3, -0.25) is 4.79 Å². The van der Waals surface area contributed by atoms with E-state index in [-0.39, 0.29) is 0 Å². The number of hydrogen-bond acceptors (Lipinski definition) is 3. The molecule has 138 valence electrons. The molecule has 0 atom stereocenters. The average Bonchev–Trinajstić information content (AvgIpc) is 2.62. The summed E-state index contributed by atoms with van der Waals surface area (Å²) in [6.07, 6.45) is -0.656. The van der Waals surface area contributed by atoms with Crippen molar-refractivity contribution in [2.24, 2.45) is 5.92 Å². The molecule has 0 bridgehead atoms. The minimum absolute atomic E-state index is 0.303. The van der Waals surface area contributed by atoms with Crippen LogP contribution in [0.1, 0.15) is 35.7 Å². The van der Waals surface area contributed by atoms with Crippen LogP contribution in [0.4, 0.5) is 24.7 Å². The Morgan fingerprint density at radius 1 is 1.12 bits per heavy atom. The molecular weight excluding hydrogens is 343 g/mol. The van der Waals surface area contributed by atoms with E-state index in [0.29, 0.717) is 11.3 Å². The number of alkyl halides is 3. The lowest BCUT2D eigenvalue weighted by atomic mass is 9.99. The normalized spacial score (nSPS) is 15.8. The van der Waals surface area contributed by atoms with Crippen molar-refractivity contribution >= 4 is 17.4 Å². The topological polar surface area (TPSA) is 45.2 Å². The molecule has 0 aliphatic carbocycles. The zero-order valence-electron chi connectivity index (χ0n) is 14.4. The SMILES string of the molecule is CC1CCN(c2ccc(C(=O)Nc3ccc(C(F)(F)F)cc3)cn2)CC1. The van der Waals surface area contributed by atoms with Gasteiger partial charge in [0.15, 0.2) is 0 Å². The predicted molar refractivity (Wildman–Crippen MR) is 94.2 cm³/mol. The summed E-state index contributed by atoms with van der Waals surface area (Å²) in [5, 5.41) is 2.58. The second kappa shape index (κ2) is 7.35. The summed E-state index contributed by atoms with van der Waals surface area (Å²) in [7, 11) is 0. The Kier molecular flexibility index (Phi) is 5.15. The van der Waals surface area contributed by atoms with E-state index in [1.165, 1.54) is 18.3 Å². The summed E-state index contributed by atoms with van der Waals surface area (Å²) in [4.78, 5) is 18.8. The van der Waals surface area contributed by atoms with Crippen LogP contribution in [0.25, 0.3) is 0 Å². The van der Waals surface area contributed by atoms with Crippen molar-refractivity contribution in [3.8, 4) is 0 Å². The van der Waals surface area contributed by atoms with Gasteiger partial charge < -0.3 is 10.2 Å². The Hall–Kier alpha value is -2.57. The number of rotatable bonds is 3. The molecule has 1 aromatic heterocycles. The molecule has 7 heteroatoms. The van der Waals surface area contributed by atoms with Gasteiger partial charge in [-0.05, 0) is 55.2 Å². The van der Waals surface area contributed by atoms with Gasteiger partial charge in [0.1, 0.15) is 5.82 Å². The van der Waals surface area contributed by atoms with Crippen LogP contribution in [0, 0.1) is 5.92 Å². The highest BCUT2D eigenvalue weighted by atomic mass is 19.4. The number of hydrogen-bond donors (Lipinski definition) is 1. The maximum absolute atomic E-state index is 12.6. The molecule has 3 rings (SSSR count). The fourth-order valence-corrected chi connectivity index (χ4v) is 2.89. The van der Waals surface area contributed by atoms with E-state index >= 15 is 0 Å². The first-order chi connectivity index (χ1) is 12.3. The maximum Gasteiger partial charge on any atom is 0.416 e. The zero-order chi connectivity index (χ0) is 18.7. The van der Waals surface area contributed by atoms with Gasteiger partial charge in [-0.15, -0.1) is 0 Å². The maximum atomic E-state index is 12.6. The number of piperidine rings is 1. The van der Waals surface area contributed by atoms with Crippen molar-refractivity contribution in [1.82, 2.24) is 4.98 Å². The fraction of sp³-hybridized carbons (Fsp3) is 0.368. The number of carbonyl (C=O) groups excluding carboxylic acids is 1. The molecule has 1 aliphatic rings. The van der Waals surface area contributed by atoms with Crippen LogP contribution in [-0.4, -0.2) is 24.0 Å². The van der Waals surface area contributed by atoms with Crippen LogP contribution < -0.4 is 10.2 Å². The molecule has 1 N–H and O–H groups in total. The number of pyridine rings is 1. The van der Waals surface area contributed by atoms with Gasteiger partial charge in [0.25, 0.3) is 5.91 Å².